The van der Waals surface area contributed by atoms with E-state index in [0.717, 1.165) is 27.1 Å². The maximum absolute atomic E-state index is 12.3. The van der Waals surface area contributed by atoms with Crippen molar-refractivity contribution in [2.45, 2.75) is 33.2 Å². The first kappa shape index (κ1) is 22.7. The van der Waals surface area contributed by atoms with Crippen LogP contribution in [0.2, 0.25) is 0 Å². The summed E-state index contributed by atoms with van der Waals surface area (Å²) in [5.41, 5.74) is 6.55. The van der Waals surface area contributed by atoms with E-state index in [9.17, 15) is 9.59 Å². The number of hydrogen-bond acceptors (Lipinski definition) is 4. The lowest BCUT2D eigenvalue weighted by molar-refractivity contribution is -0.116. The third-order valence-corrected chi connectivity index (χ3v) is 6.13. The van der Waals surface area contributed by atoms with Crippen LogP contribution in [0.15, 0.2) is 48.0 Å². The molecule has 0 aliphatic carbocycles. The van der Waals surface area contributed by atoms with Crippen molar-refractivity contribution in [3.05, 3.63) is 75.1 Å². The van der Waals surface area contributed by atoms with E-state index in [1.54, 1.807) is 35.7 Å². The molecule has 160 valence electrons. The first-order chi connectivity index (χ1) is 14.9. The lowest BCUT2D eigenvalue weighted by Crippen LogP contribution is -2.20. The fraction of sp³-hybridized carbons (Fsp3) is 0.208. The zero-order valence-electron chi connectivity index (χ0n) is 17.7. The molecule has 0 fully saturated rings. The van der Waals surface area contributed by atoms with Gasteiger partial charge >= 0.3 is 0 Å². The van der Waals surface area contributed by atoms with Crippen LogP contribution in [0.25, 0.3) is 17.2 Å². The highest BCUT2D eigenvalue weighted by atomic mass is 35.5. The fourth-order valence-electron chi connectivity index (χ4n) is 3.26. The molecule has 0 unspecified atom stereocenters. The van der Waals surface area contributed by atoms with E-state index < -0.39 is 0 Å². The molecule has 31 heavy (non-hydrogen) atoms. The number of hydrogen-bond donors (Lipinski definition) is 2. The number of pyridine rings is 1. The van der Waals surface area contributed by atoms with Gasteiger partial charge in [-0.05, 0) is 76.9 Å². The maximum Gasteiger partial charge on any atom is 0.244 e. The number of nitrogens with zero attached hydrogens (tertiary/aromatic N) is 1. The van der Waals surface area contributed by atoms with Crippen LogP contribution in [-0.2, 0) is 22.0 Å². The number of aromatic nitrogens is 1. The Balaban J connectivity index is 1.65. The Labute approximate surface area is 191 Å². The van der Waals surface area contributed by atoms with Crippen LogP contribution in [0, 0.1) is 13.8 Å². The standard InChI is InChI=1S/C24H24ClN3O2S/c1-15-4-7-19(16(2)21(15)12-25)20-10-11-31-22(20)14-27-24(30)9-6-18-5-8-23(26-13-18)28-17(3)29/h4-11,13H,12,14H2,1-3H3,(H,27,30)(H,26,28,29). The molecule has 1 aromatic carbocycles. The van der Waals surface area contributed by atoms with Gasteiger partial charge in [-0.15, -0.1) is 22.9 Å². The molecule has 0 atom stereocenters. The van der Waals surface area contributed by atoms with Crippen LogP contribution in [0.4, 0.5) is 5.82 Å². The third kappa shape index (κ3) is 5.81. The number of anilines is 1. The number of carbonyl (C=O) groups is 2. The lowest BCUT2D eigenvalue weighted by Gasteiger charge is -2.13. The Bertz CT molecular complexity index is 1120. The lowest BCUT2D eigenvalue weighted by atomic mass is 9.94. The largest absolute Gasteiger partial charge is 0.348 e. The van der Waals surface area contributed by atoms with Gasteiger partial charge in [0.1, 0.15) is 5.82 Å². The molecule has 0 spiro atoms. The van der Waals surface area contributed by atoms with Crippen LogP contribution in [-0.4, -0.2) is 16.8 Å². The summed E-state index contributed by atoms with van der Waals surface area (Å²) in [4.78, 5) is 28.6. The van der Waals surface area contributed by atoms with Crippen molar-refractivity contribution in [1.29, 1.82) is 0 Å². The van der Waals surface area contributed by atoms with E-state index in [1.165, 1.54) is 24.1 Å². The highest BCUT2D eigenvalue weighted by Gasteiger charge is 2.13. The van der Waals surface area contributed by atoms with Gasteiger partial charge < -0.3 is 10.6 Å². The second-order valence-corrected chi connectivity index (χ2v) is 8.40. The van der Waals surface area contributed by atoms with Crippen LogP contribution < -0.4 is 10.6 Å². The quantitative estimate of drug-likeness (QED) is 0.369. The van der Waals surface area contributed by atoms with Crippen molar-refractivity contribution in [2.24, 2.45) is 0 Å². The first-order valence-electron chi connectivity index (χ1n) is 9.80. The monoisotopic (exact) mass is 453 g/mol. The van der Waals surface area contributed by atoms with Gasteiger partial charge in [-0.1, -0.05) is 12.1 Å². The number of aryl methyl sites for hydroxylation is 1. The molecular formula is C24H24ClN3O2S. The van der Waals surface area contributed by atoms with Gasteiger partial charge in [0, 0.05) is 30.0 Å². The summed E-state index contributed by atoms with van der Waals surface area (Å²) in [6.07, 6.45) is 4.76. The topological polar surface area (TPSA) is 71.1 Å². The molecular weight excluding hydrogens is 430 g/mol. The number of amides is 2. The molecule has 0 saturated carbocycles. The molecule has 2 heterocycles. The van der Waals surface area contributed by atoms with Gasteiger partial charge in [0.05, 0.1) is 6.54 Å². The molecule has 0 bridgehead atoms. The number of carbonyl (C=O) groups excluding carboxylic acids is 2. The number of halogens is 1. The molecule has 2 amide bonds. The van der Waals surface area contributed by atoms with Crippen LogP contribution in [0.3, 0.4) is 0 Å². The predicted molar refractivity (Wildman–Crippen MR) is 128 cm³/mol. The molecule has 0 aliphatic heterocycles. The van der Waals surface area contributed by atoms with Gasteiger partial charge in [0.25, 0.3) is 0 Å². The van der Waals surface area contributed by atoms with Crippen LogP contribution in [0.5, 0.6) is 0 Å². The summed E-state index contributed by atoms with van der Waals surface area (Å²) in [6, 6.07) is 9.77. The summed E-state index contributed by atoms with van der Waals surface area (Å²) in [5.74, 6) is 0.589. The predicted octanol–water partition coefficient (Wildman–Crippen LogP) is 5.45. The van der Waals surface area contributed by atoms with Crippen LogP contribution >= 0.6 is 22.9 Å². The normalized spacial score (nSPS) is 11.0. The average molecular weight is 454 g/mol. The highest BCUT2D eigenvalue weighted by molar-refractivity contribution is 7.10. The zero-order valence-corrected chi connectivity index (χ0v) is 19.2. The Hall–Kier alpha value is -2.96. The summed E-state index contributed by atoms with van der Waals surface area (Å²) in [5, 5.41) is 7.59. The van der Waals surface area contributed by atoms with Crippen LogP contribution in [0.1, 0.15) is 34.1 Å². The number of rotatable bonds is 7. The Morgan fingerprint density at radius 2 is 1.94 bits per heavy atom. The molecule has 0 radical (unpaired) electrons. The van der Waals surface area contributed by atoms with Crippen molar-refractivity contribution in [3.8, 4) is 11.1 Å². The first-order valence-corrected chi connectivity index (χ1v) is 11.2. The van der Waals surface area contributed by atoms with Gasteiger partial charge in [-0.3, -0.25) is 9.59 Å². The maximum atomic E-state index is 12.3. The minimum atomic E-state index is -0.188. The van der Waals surface area contributed by atoms with Gasteiger partial charge in [0.2, 0.25) is 11.8 Å². The minimum Gasteiger partial charge on any atom is -0.348 e. The van der Waals surface area contributed by atoms with Gasteiger partial charge in [-0.2, -0.15) is 0 Å². The smallest absolute Gasteiger partial charge is 0.244 e. The minimum absolute atomic E-state index is 0.178. The van der Waals surface area contributed by atoms with Crippen molar-refractivity contribution in [2.75, 3.05) is 5.32 Å². The average Bonchev–Trinajstić information content (AvgIpc) is 3.20. The summed E-state index contributed by atoms with van der Waals surface area (Å²) < 4.78 is 0. The van der Waals surface area contributed by atoms with Crippen molar-refractivity contribution < 1.29 is 9.59 Å². The SMILES string of the molecule is CC(=O)Nc1ccc(C=CC(=O)NCc2sccc2-c2ccc(C)c(CCl)c2C)cn1. The van der Waals surface area contributed by atoms with E-state index in [2.05, 4.69) is 47.7 Å². The molecule has 2 N–H and O–H groups in total. The molecule has 7 heteroatoms. The van der Waals surface area contributed by atoms with Crippen molar-refractivity contribution in [3.63, 3.8) is 0 Å². The molecule has 2 aromatic heterocycles. The van der Waals surface area contributed by atoms with Crippen molar-refractivity contribution in [1.82, 2.24) is 10.3 Å². The Morgan fingerprint density at radius 3 is 2.61 bits per heavy atom. The Morgan fingerprint density at radius 1 is 1.13 bits per heavy atom. The second kappa shape index (κ2) is 10.4. The Kier molecular flexibility index (Phi) is 7.60. The molecule has 5 nitrogen and oxygen atoms in total. The molecule has 3 aromatic rings. The van der Waals surface area contributed by atoms with E-state index in [1.807, 2.05) is 5.38 Å². The van der Waals surface area contributed by atoms with E-state index >= 15 is 0 Å². The number of benzene rings is 1. The van der Waals surface area contributed by atoms with E-state index in [0.29, 0.717) is 18.2 Å². The summed E-state index contributed by atoms with van der Waals surface area (Å²) >= 11 is 7.76. The van der Waals surface area contributed by atoms with E-state index in [-0.39, 0.29) is 11.8 Å². The fourth-order valence-corrected chi connectivity index (χ4v) is 4.50. The number of thiophene rings is 1. The molecule has 0 saturated heterocycles. The van der Waals surface area contributed by atoms with E-state index in [4.69, 9.17) is 11.6 Å². The molecule has 3 rings (SSSR count). The molecule has 0 aliphatic rings. The number of alkyl halides is 1. The second-order valence-electron chi connectivity index (χ2n) is 7.13. The summed E-state index contributed by atoms with van der Waals surface area (Å²) in [7, 11) is 0. The summed E-state index contributed by atoms with van der Waals surface area (Å²) in [6.45, 7) is 6.03. The van der Waals surface area contributed by atoms with Gasteiger partial charge in [-0.25, -0.2) is 4.98 Å². The van der Waals surface area contributed by atoms with Crippen molar-refractivity contribution >= 4 is 46.6 Å². The highest BCUT2D eigenvalue weighted by Crippen LogP contribution is 2.33. The number of nitrogens with one attached hydrogen (secondary N) is 2. The third-order valence-electron chi connectivity index (χ3n) is 4.94. The van der Waals surface area contributed by atoms with Gasteiger partial charge in [0.15, 0.2) is 0 Å². The zero-order chi connectivity index (χ0) is 22.4.